The minimum Gasteiger partial charge on any atom is -0.327 e. The summed E-state index contributed by atoms with van der Waals surface area (Å²) in [4.78, 5) is 0. The van der Waals surface area contributed by atoms with E-state index >= 15 is 0 Å². The van der Waals surface area contributed by atoms with Crippen LogP contribution in [0, 0.1) is 0 Å². The lowest BCUT2D eigenvalue weighted by molar-refractivity contribution is 0.463. The van der Waals surface area contributed by atoms with Crippen molar-refractivity contribution in [2.75, 3.05) is 13.2 Å². The third kappa shape index (κ3) is 4.93. The standard InChI is InChI=1S/C8H17FN2/c1-2-3-7(6-10)4-8(11)5-9/h4,8H,2-3,5-6,10-11H2,1H3/b7-4+. The van der Waals surface area contributed by atoms with Crippen LogP contribution in [0.5, 0.6) is 0 Å². The second-order valence-electron chi connectivity index (χ2n) is 2.60. The van der Waals surface area contributed by atoms with Gasteiger partial charge in [-0.05, 0) is 6.42 Å². The number of alkyl halides is 1. The van der Waals surface area contributed by atoms with E-state index in [2.05, 4.69) is 6.92 Å². The van der Waals surface area contributed by atoms with Crippen LogP contribution in [0.2, 0.25) is 0 Å². The molecule has 0 radical (unpaired) electrons. The Hall–Kier alpha value is -0.410. The Morgan fingerprint density at radius 3 is 2.64 bits per heavy atom. The van der Waals surface area contributed by atoms with Gasteiger partial charge in [-0.15, -0.1) is 0 Å². The summed E-state index contributed by atoms with van der Waals surface area (Å²) >= 11 is 0. The van der Waals surface area contributed by atoms with Crippen LogP contribution in [0.3, 0.4) is 0 Å². The zero-order chi connectivity index (χ0) is 8.69. The molecular weight excluding hydrogens is 143 g/mol. The Morgan fingerprint density at radius 2 is 2.27 bits per heavy atom. The molecule has 0 fully saturated rings. The monoisotopic (exact) mass is 160 g/mol. The number of nitrogens with two attached hydrogens (primary N) is 2. The van der Waals surface area contributed by atoms with Gasteiger partial charge in [-0.3, -0.25) is 0 Å². The van der Waals surface area contributed by atoms with Crippen LogP contribution in [0.4, 0.5) is 4.39 Å². The van der Waals surface area contributed by atoms with Crippen molar-refractivity contribution in [3.05, 3.63) is 11.6 Å². The second kappa shape index (κ2) is 6.31. The van der Waals surface area contributed by atoms with E-state index < -0.39 is 12.7 Å². The van der Waals surface area contributed by atoms with Gasteiger partial charge in [0.15, 0.2) is 0 Å². The van der Waals surface area contributed by atoms with E-state index in [1.54, 1.807) is 6.08 Å². The minimum absolute atomic E-state index is 0.472. The lowest BCUT2D eigenvalue weighted by Gasteiger charge is -2.05. The van der Waals surface area contributed by atoms with Gasteiger partial charge in [0.2, 0.25) is 0 Å². The molecular formula is C8H17FN2. The maximum atomic E-state index is 11.9. The fourth-order valence-corrected chi connectivity index (χ4v) is 0.922. The molecule has 0 saturated heterocycles. The number of hydrogen-bond donors (Lipinski definition) is 2. The first-order valence-corrected chi connectivity index (χ1v) is 3.95. The molecule has 2 nitrogen and oxygen atoms in total. The van der Waals surface area contributed by atoms with Crippen molar-refractivity contribution in [1.82, 2.24) is 0 Å². The maximum absolute atomic E-state index is 11.9. The molecule has 4 N–H and O–H groups in total. The first-order valence-electron chi connectivity index (χ1n) is 3.95. The fraction of sp³-hybridized carbons (Fsp3) is 0.750. The zero-order valence-corrected chi connectivity index (χ0v) is 7.02. The Kier molecular flexibility index (Phi) is 6.07. The third-order valence-electron chi connectivity index (χ3n) is 1.46. The van der Waals surface area contributed by atoms with Gasteiger partial charge in [-0.1, -0.05) is 25.0 Å². The average molecular weight is 160 g/mol. The normalized spacial score (nSPS) is 15.1. The number of hydrogen-bond acceptors (Lipinski definition) is 2. The summed E-state index contributed by atoms with van der Waals surface area (Å²) < 4.78 is 11.9. The van der Waals surface area contributed by atoms with E-state index in [-0.39, 0.29) is 0 Å². The van der Waals surface area contributed by atoms with Crippen LogP contribution in [0.15, 0.2) is 11.6 Å². The van der Waals surface area contributed by atoms with Crippen molar-refractivity contribution in [2.45, 2.75) is 25.8 Å². The van der Waals surface area contributed by atoms with Crippen molar-refractivity contribution in [3.8, 4) is 0 Å². The highest BCUT2D eigenvalue weighted by Gasteiger charge is 1.98. The van der Waals surface area contributed by atoms with Gasteiger partial charge in [0, 0.05) is 6.54 Å². The highest BCUT2D eigenvalue weighted by Crippen LogP contribution is 2.03. The quantitative estimate of drug-likeness (QED) is 0.589. The van der Waals surface area contributed by atoms with Gasteiger partial charge in [-0.2, -0.15) is 0 Å². The summed E-state index contributed by atoms with van der Waals surface area (Å²) in [6.45, 7) is 2.04. The second-order valence-corrected chi connectivity index (χ2v) is 2.60. The van der Waals surface area contributed by atoms with E-state index in [0.717, 1.165) is 18.4 Å². The lowest BCUT2D eigenvalue weighted by atomic mass is 10.1. The van der Waals surface area contributed by atoms with Crippen LogP contribution in [-0.2, 0) is 0 Å². The highest BCUT2D eigenvalue weighted by molar-refractivity contribution is 5.07. The van der Waals surface area contributed by atoms with Gasteiger partial charge in [0.25, 0.3) is 0 Å². The molecule has 3 heteroatoms. The molecule has 0 bridgehead atoms. The van der Waals surface area contributed by atoms with Crippen molar-refractivity contribution in [2.24, 2.45) is 11.5 Å². The molecule has 66 valence electrons. The minimum atomic E-state index is -0.507. The van der Waals surface area contributed by atoms with Crippen LogP contribution >= 0.6 is 0 Å². The molecule has 1 atom stereocenters. The summed E-state index contributed by atoms with van der Waals surface area (Å²) in [5.41, 5.74) is 11.8. The van der Waals surface area contributed by atoms with Gasteiger partial charge in [0.1, 0.15) is 6.67 Å². The molecule has 0 rings (SSSR count). The Morgan fingerprint density at radius 1 is 1.64 bits per heavy atom. The molecule has 0 aliphatic heterocycles. The van der Waals surface area contributed by atoms with Gasteiger partial charge < -0.3 is 11.5 Å². The van der Waals surface area contributed by atoms with E-state index in [9.17, 15) is 4.39 Å². The first-order chi connectivity index (χ1) is 5.24. The molecule has 0 aromatic rings. The summed E-state index contributed by atoms with van der Waals surface area (Å²) in [5, 5.41) is 0. The van der Waals surface area contributed by atoms with Gasteiger partial charge in [0.05, 0.1) is 6.04 Å². The predicted molar refractivity (Wildman–Crippen MR) is 46.0 cm³/mol. The molecule has 0 spiro atoms. The number of rotatable bonds is 5. The Balaban J connectivity index is 3.88. The topological polar surface area (TPSA) is 52.0 Å². The maximum Gasteiger partial charge on any atom is 0.108 e. The van der Waals surface area contributed by atoms with Gasteiger partial charge >= 0.3 is 0 Å². The van der Waals surface area contributed by atoms with Crippen LogP contribution in [0.1, 0.15) is 19.8 Å². The van der Waals surface area contributed by atoms with E-state index in [1.807, 2.05) is 0 Å². The first kappa shape index (κ1) is 10.6. The largest absolute Gasteiger partial charge is 0.327 e. The predicted octanol–water partition coefficient (Wildman–Crippen LogP) is 0.968. The Labute approximate surface area is 67.4 Å². The summed E-state index contributed by atoms with van der Waals surface area (Å²) in [7, 11) is 0. The summed E-state index contributed by atoms with van der Waals surface area (Å²) in [5.74, 6) is 0. The van der Waals surface area contributed by atoms with Crippen molar-refractivity contribution in [3.63, 3.8) is 0 Å². The molecule has 0 amide bonds. The van der Waals surface area contributed by atoms with Crippen molar-refractivity contribution in [1.29, 1.82) is 0 Å². The number of halogens is 1. The Bertz CT molecular complexity index is 123. The molecule has 11 heavy (non-hydrogen) atoms. The zero-order valence-electron chi connectivity index (χ0n) is 7.02. The van der Waals surface area contributed by atoms with Crippen molar-refractivity contribution >= 4 is 0 Å². The van der Waals surface area contributed by atoms with Crippen LogP contribution in [0.25, 0.3) is 0 Å². The average Bonchev–Trinajstić information content (AvgIpc) is 2.03. The fourth-order valence-electron chi connectivity index (χ4n) is 0.922. The molecule has 0 heterocycles. The smallest absolute Gasteiger partial charge is 0.108 e. The van der Waals surface area contributed by atoms with Crippen LogP contribution in [-0.4, -0.2) is 19.3 Å². The molecule has 1 unspecified atom stereocenters. The van der Waals surface area contributed by atoms with Crippen LogP contribution < -0.4 is 11.5 Å². The molecule has 0 saturated carbocycles. The van der Waals surface area contributed by atoms with E-state index in [0.29, 0.717) is 6.54 Å². The SMILES string of the molecule is CCC/C(=C\C(N)CF)CN. The highest BCUT2D eigenvalue weighted by atomic mass is 19.1. The van der Waals surface area contributed by atoms with Gasteiger partial charge in [-0.25, -0.2) is 4.39 Å². The molecule has 0 aromatic heterocycles. The summed E-state index contributed by atoms with van der Waals surface area (Å²) in [6, 6.07) is -0.472. The molecule has 0 aromatic carbocycles. The third-order valence-corrected chi connectivity index (χ3v) is 1.46. The lowest BCUT2D eigenvalue weighted by Crippen LogP contribution is -2.21. The molecule has 0 aliphatic rings. The molecule has 0 aliphatic carbocycles. The van der Waals surface area contributed by atoms with Crippen molar-refractivity contribution < 1.29 is 4.39 Å². The van der Waals surface area contributed by atoms with E-state index in [1.165, 1.54) is 0 Å². The summed E-state index contributed by atoms with van der Waals surface area (Å²) in [6.07, 6.45) is 3.68. The van der Waals surface area contributed by atoms with E-state index in [4.69, 9.17) is 11.5 Å².